The normalized spacial score (nSPS) is 10.7. The van der Waals surface area contributed by atoms with Crippen molar-refractivity contribution in [3.8, 4) is 0 Å². The summed E-state index contributed by atoms with van der Waals surface area (Å²) in [5.74, 6) is -0.328. The Balaban J connectivity index is 1.99. The molecule has 1 aromatic heterocycles. The molecule has 2 aromatic rings. The average Bonchev–Trinajstić information content (AvgIpc) is 2.87. The van der Waals surface area contributed by atoms with Gasteiger partial charge in [-0.05, 0) is 46.9 Å². The first kappa shape index (κ1) is 14.6. The van der Waals surface area contributed by atoms with Gasteiger partial charge in [-0.2, -0.15) is 5.10 Å². The third kappa shape index (κ3) is 3.84. The summed E-state index contributed by atoms with van der Waals surface area (Å²) in [7, 11) is 0. The quantitative estimate of drug-likeness (QED) is 0.370. The van der Waals surface area contributed by atoms with Crippen molar-refractivity contribution in [3.63, 3.8) is 0 Å². The predicted octanol–water partition coefficient (Wildman–Crippen LogP) is 3.02. The molecular weight excluding hydrogens is 393 g/mol. The van der Waals surface area contributed by atoms with Crippen molar-refractivity contribution in [3.05, 3.63) is 60.5 Å². The minimum absolute atomic E-state index is 0.0374. The van der Waals surface area contributed by atoms with Gasteiger partial charge in [0.05, 0.1) is 16.0 Å². The van der Waals surface area contributed by atoms with Crippen LogP contribution in [0.25, 0.3) is 0 Å². The van der Waals surface area contributed by atoms with Gasteiger partial charge in [-0.25, -0.2) is 5.43 Å². The zero-order chi connectivity index (χ0) is 14.5. The standard InChI is InChI=1S/C12H8IN3O3S/c13-9-3-1-2-8(6-9)12(17)15-14-7-10-4-5-11(20-10)16(18)19/h1-7H,(H,15,17)/b14-7+. The Labute approximate surface area is 131 Å². The van der Waals surface area contributed by atoms with Crippen molar-refractivity contribution in [2.24, 2.45) is 5.10 Å². The van der Waals surface area contributed by atoms with E-state index in [9.17, 15) is 14.9 Å². The molecule has 0 bridgehead atoms. The lowest BCUT2D eigenvalue weighted by atomic mass is 10.2. The van der Waals surface area contributed by atoms with Gasteiger partial charge in [-0.15, -0.1) is 0 Å². The number of nitrogens with zero attached hydrogens (tertiary/aromatic N) is 2. The molecule has 0 saturated carbocycles. The van der Waals surface area contributed by atoms with E-state index in [4.69, 9.17) is 0 Å². The summed E-state index contributed by atoms with van der Waals surface area (Å²) in [5.41, 5.74) is 2.88. The summed E-state index contributed by atoms with van der Waals surface area (Å²) in [6, 6.07) is 10.1. The minimum atomic E-state index is -0.466. The number of nitrogens with one attached hydrogen (secondary N) is 1. The number of carbonyl (C=O) groups excluding carboxylic acids is 1. The van der Waals surface area contributed by atoms with Crippen molar-refractivity contribution in [2.75, 3.05) is 0 Å². The van der Waals surface area contributed by atoms with E-state index in [2.05, 4.69) is 33.1 Å². The molecule has 6 nitrogen and oxygen atoms in total. The summed E-state index contributed by atoms with van der Waals surface area (Å²) in [4.78, 5) is 22.4. The van der Waals surface area contributed by atoms with Crippen molar-refractivity contribution < 1.29 is 9.72 Å². The Morgan fingerprint density at radius 2 is 2.20 bits per heavy atom. The minimum Gasteiger partial charge on any atom is -0.267 e. The van der Waals surface area contributed by atoms with Gasteiger partial charge in [0.15, 0.2) is 0 Å². The highest BCUT2D eigenvalue weighted by molar-refractivity contribution is 14.1. The number of benzene rings is 1. The maximum Gasteiger partial charge on any atom is 0.324 e. The third-order valence-corrected chi connectivity index (χ3v) is 3.88. The molecule has 102 valence electrons. The van der Waals surface area contributed by atoms with Crippen LogP contribution in [0.1, 0.15) is 15.2 Å². The lowest BCUT2D eigenvalue weighted by Crippen LogP contribution is -2.17. The largest absolute Gasteiger partial charge is 0.324 e. The van der Waals surface area contributed by atoms with E-state index in [1.54, 1.807) is 24.3 Å². The van der Waals surface area contributed by atoms with Crippen LogP contribution in [0.2, 0.25) is 0 Å². The molecule has 1 aromatic carbocycles. The molecule has 0 spiro atoms. The summed E-state index contributed by atoms with van der Waals surface area (Å²) >= 11 is 3.10. The number of hydrazone groups is 1. The van der Waals surface area contributed by atoms with E-state index in [1.165, 1.54) is 12.3 Å². The van der Waals surface area contributed by atoms with Gasteiger partial charge >= 0.3 is 5.00 Å². The van der Waals surface area contributed by atoms with Crippen LogP contribution < -0.4 is 5.43 Å². The number of hydrogen-bond donors (Lipinski definition) is 1. The van der Waals surface area contributed by atoms with Crippen LogP contribution in [0.15, 0.2) is 41.5 Å². The van der Waals surface area contributed by atoms with Gasteiger partial charge < -0.3 is 0 Å². The first-order valence-corrected chi connectivity index (χ1v) is 7.29. The van der Waals surface area contributed by atoms with Crippen LogP contribution in [-0.4, -0.2) is 17.0 Å². The second-order valence-corrected chi connectivity index (χ2v) is 5.98. The molecule has 0 fully saturated rings. The highest BCUT2D eigenvalue weighted by atomic mass is 127. The Morgan fingerprint density at radius 3 is 2.85 bits per heavy atom. The summed E-state index contributed by atoms with van der Waals surface area (Å²) in [6.07, 6.45) is 1.38. The molecule has 20 heavy (non-hydrogen) atoms. The van der Waals surface area contributed by atoms with Crippen LogP contribution in [0, 0.1) is 13.7 Å². The third-order valence-electron chi connectivity index (χ3n) is 2.24. The smallest absolute Gasteiger partial charge is 0.267 e. The van der Waals surface area contributed by atoms with Gasteiger partial charge in [0.1, 0.15) is 0 Å². The summed E-state index contributed by atoms with van der Waals surface area (Å²) < 4.78 is 0.952. The van der Waals surface area contributed by atoms with E-state index >= 15 is 0 Å². The van der Waals surface area contributed by atoms with Crippen LogP contribution in [-0.2, 0) is 0 Å². The SMILES string of the molecule is O=C(N/N=C/c1ccc([N+](=O)[O-])s1)c1cccc(I)c1. The van der Waals surface area contributed by atoms with Crippen LogP contribution in [0.5, 0.6) is 0 Å². The molecule has 8 heteroatoms. The molecule has 0 aliphatic rings. The van der Waals surface area contributed by atoms with Gasteiger partial charge in [-0.1, -0.05) is 17.4 Å². The fourth-order valence-electron chi connectivity index (χ4n) is 1.36. The van der Waals surface area contributed by atoms with Crippen LogP contribution in [0.4, 0.5) is 5.00 Å². The Kier molecular flexibility index (Phi) is 4.79. The van der Waals surface area contributed by atoms with Crippen LogP contribution in [0.3, 0.4) is 0 Å². The van der Waals surface area contributed by atoms with Crippen molar-refractivity contribution in [2.45, 2.75) is 0 Å². The molecule has 1 amide bonds. The highest BCUT2D eigenvalue weighted by Gasteiger charge is 2.08. The maximum absolute atomic E-state index is 11.8. The Hall–Kier alpha value is -1.81. The number of nitro groups is 1. The lowest BCUT2D eigenvalue weighted by Gasteiger charge is -1.99. The molecule has 0 radical (unpaired) electrons. The van der Waals surface area contributed by atoms with Crippen molar-refractivity contribution in [1.82, 2.24) is 5.43 Å². The second kappa shape index (κ2) is 6.57. The lowest BCUT2D eigenvalue weighted by molar-refractivity contribution is -0.380. The van der Waals surface area contributed by atoms with E-state index in [1.807, 2.05) is 6.07 Å². The molecule has 2 rings (SSSR count). The predicted molar refractivity (Wildman–Crippen MR) is 85.2 cm³/mol. The van der Waals surface area contributed by atoms with Gasteiger partial charge in [0, 0.05) is 15.2 Å². The summed E-state index contributed by atoms with van der Waals surface area (Å²) in [6.45, 7) is 0. The maximum atomic E-state index is 11.8. The first-order valence-electron chi connectivity index (χ1n) is 5.39. The Morgan fingerprint density at radius 1 is 1.40 bits per heavy atom. The second-order valence-electron chi connectivity index (χ2n) is 3.64. The molecule has 0 saturated heterocycles. The van der Waals surface area contributed by atoms with Gasteiger partial charge in [0.2, 0.25) is 0 Å². The Bertz CT molecular complexity index is 684. The molecule has 0 atom stereocenters. The number of thiophene rings is 1. The van der Waals surface area contributed by atoms with Crippen molar-refractivity contribution in [1.29, 1.82) is 0 Å². The first-order chi connectivity index (χ1) is 9.56. The fourth-order valence-corrected chi connectivity index (χ4v) is 2.60. The van der Waals surface area contributed by atoms with Gasteiger partial charge in [-0.3, -0.25) is 14.9 Å². The number of halogens is 1. The highest BCUT2D eigenvalue weighted by Crippen LogP contribution is 2.22. The molecular formula is C12H8IN3O3S. The molecule has 1 heterocycles. The molecule has 0 aliphatic carbocycles. The molecule has 0 aliphatic heterocycles. The average molecular weight is 401 g/mol. The monoisotopic (exact) mass is 401 g/mol. The number of amides is 1. The zero-order valence-electron chi connectivity index (χ0n) is 9.95. The fraction of sp³-hybridized carbons (Fsp3) is 0. The van der Waals surface area contributed by atoms with E-state index in [0.29, 0.717) is 10.4 Å². The van der Waals surface area contributed by atoms with E-state index in [0.717, 1.165) is 14.9 Å². The van der Waals surface area contributed by atoms with E-state index in [-0.39, 0.29) is 10.9 Å². The van der Waals surface area contributed by atoms with Crippen LogP contribution >= 0.6 is 33.9 Å². The topological polar surface area (TPSA) is 84.6 Å². The van der Waals surface area contributed by atoms with Crippen molar-refractivity contribution >= 4 is 51.1 Å². The zero-order valence-corrected chi connectivity index (χ0v) is 12.9. The molecule has 1 N–H and O–H groups in total. The number of rotatable bonds is 4. The molecule has 0 unspecified atom stereocenters. The van der Waals surface area contributed by atoms with Gasteiger partial charge in [0.25, 0.3) is 5.91 Å². The van der Waals surface area contributed by atoms with E-state index < -0.39 is 4.92 Å². The number of carbonyl (C=O) groups is 1. The summed E-state index contributed by atoms with van der Waals surface area (Å²) in [5, 5.41) is 14.3. The number of hydrogen-bond acceptors (Lipinski definition) is 5.